The summed E-state index contributed by atoms with van der Waals surface area (Å²) in [5.74, 6) is 0.845. The van der Waals surface area contributed by atoms with E-state index in [1.165, 1.54) is 45.3 Å². The van der Waals surface area contributed by atoms with Crippen LogP contribution in [-0.2, 0) is 0 Å². The molecule has 1 aliphatic heterocycles. The number of nitrogens with two attached hydrogens (primary N) is 1. The van der Waals surface area contributed by atoms with E-state index in [1.807, 2.05) is 0 Å². The van der Waals surface area contributed by atoms with E-state index in [0.717, 1.165) is 5.92 Å². The van der Waals surface area contributed by atoms with Crippen LogP contribution in [0.1, 0.15) is 39.5 Å². The fourth-order valence-corrected chi connectivity index (χ4v) is 3.77. The van der Waals surface area contributed by atoms with Crippen LogP contribution in [0.4, 0.5) is 0 Å². The number of hydrogen-bond donors (Lipinski definition) is 1. The number of likely N-dealkylation sites (N-methyl/N-ethyl adjacent to an activating group) is 1. The molecule has 0 amide bonds. The van der Waals surface area contributed by atoms with E-state index in [1.54, 1.807) is 0 Å². The average molecular weight is 253 g/mol. The first-order valence-corrected chi connectivity index (χ1v) is 7.52. The van der Waals surface area contributed by atoms with E-state index in [4.69, 9.17) is 5.73 Å². The molecule has 0 bridgehead atoms. The van der Waals surface area contributed by atoms with Crippen LogP contribution in [-0.4, -0.2) is 55.6 Å². The lowest BCUT2D eigenvalue weighted by molar-refractivity contribution is 0.0860. The van der Waals surface area contributed by atoms with Gasteiger partial charge >= 0.3 is 0 Å². The largest absolute Gasteiger partial charge is 0.326 e. The average Bonchev–Trinajstić information content (AvgIpc) is 2.67. The van der Waals surface area contributed by atoms with Crippen LogP contribution in [0.5, 0.6) is 0 Å². The van der Waals surface area contributed by atoms with Gasteiger partial charge in [-0.25, -0.2) is 0 Å². The van der Waals surface area contributed by atoms with Crippen molar-refractivity contribution in [1.29, 1.82) is 0 Å². The fraction of sp³-hybridized carbons (Fsp3) is 1.00. The molecule has 0 aromatic carbocycles. The van der Waals surface area contributed by atoms with Crippen molar-refractivity contribution in [2.24, 2.45) is 17.1 Å². The highest BCUT2D eigenvalue weighted by molar-refractivity contribution is 4.93. The van der Waals surface area contributed by atoms with Crippen molar-refractivity contribution in [1.82, 2.24) is 9.80 Å². The Kier molecular flexibility index (Phi) is 4.35. The standard InChI is InChI=1S/C15H31N3/c1-15(2)7-5-13(16)14(9-15)18(4)11-12-6-8-17(3)10-12/h12-14H,5-11,16H2,1-4H3. The van der Waals surface area contributed by atoms with Gasteiger partial charge in [-0.15, -0.1) is 0 Å². The Morgan fingerprint density at radius 1 is 1.33 bits per heavy atom. The summed E-state index contributed by atoms with van der Waals surface area (Å²) in [5, 5.41) is 0. The smallest absolute Gasteiger partial charge is 0.0249 e. The SMILES string of the molecule is CN1CCC(CN(C)C2CC(C)(C)CCC2N)C1. The molecule has 1 saturated heterocycles. The van der Waals surface area contributed by atoms with E-state index in [2.05, 4.69) is 37.7 Å². The van der Waals surface area contributed by atoms with E-state index < -0.39 is 0 Å². The third kappa shape index (κ3) is 3.46. The second kappa shape index (κ2) is 5.48. The van der Waals surface area contributed by atoms with Crippen LogP contribution in [0.15, 0.2) is 0 Å². The quantitative estimate of drug-likeness (QED) is 0.832. The summed E-state index contributed by atoms with van der Waals surface area (Å²) in [6.07, 6.45) is 5.08. The summed E-state index contributed by atoms with van der Waals surface area (Å²) in [4.78, 5) is 5.00. The predicted octanol–water partition coefficient (Wildman–Crippen LogP) is 1.78. The summed E-state index contributed by atoms with van der Waals surface area (Å²) in [7, 11) is 4.51. The van der Waals surface area contributed by atoms with E-state index in [-0.39, 0.29) is 0 Å². The van der Waals surface area contributed by atoms with Crippen LogP contribution in [0.25, 0.3) is 0 Å². The van der Waals surface area contributed by atoms with Crippen LogP contribution < -0.4 is 5.73 Å². The molecule has 0 aromatic heterocycles. The Morgan fingerprint density at radius 2 is 2.06 bits per heavy atom. The molecule has 18 heavy (non-hydrogen) atoms. The maximum atomic E-state index is 6.35. The van der Waals surface area contributed by atoms with Crippen molar-refractivity contribution in [3.05, 3.63) is 0 Å². The minimum Gasteiger partial charge on any atom is -0.326 e. The van der Waals surface area contributed by atoms with Crippen molar-refractivity contribution in [2.75, 3.05) is 33.7 Å². The maximum Gasteiger partial charge on any atom is 0.0249 e. The first kappa shape index (κ1) is 14.3. The first-order valence-electron chi connectivity index (χ1n) is 7.52. The van der Waals surface area contributed by atoms with Gasteiger partial charge in [0.25, 0.3) is 0 Å². The van der Waals surface area contributed by atoms with Gasteiger partial charge in [-0.05, 0) is 57.7 Å². The van der Waals surface area contributed by atoms with Gasteiger partial charge in [0.1, 0.15) is 0 Å². The summed E-state index contributed by atoms with van der Waals surface area (Å²) >= 11 is 0. The van der Waals surface area contributed by atoms with Gasteiger partial charge in [-0.1, -0.05) is 13.8 Å². The van der Waals surface area contributed by atoms with Crippen molar-refractivity contribution in [3.8, 4) is 0 Å². The van der Waals surface area contributed by atoms with Crippen LogP contribution in [0, 0.1) is 11.3 Å². The highest BCUT2D eigenvalue weighted by Crippen LogP contribution is 2.36. The topological polar surface area (TPSA) is 32.5 Å². The summed E-state index contributed by atoms with van der Waals surface area (Å²) in [6.45, 7) is 8.53. The second-order valence-electron chi connectivity index (χ2n) is 7.49. The van der Waals surface area contributed by atoms with Gasteiger partial charge in [0.15, 0.2) is 0 Å². The molecule has 1 heterocycles. The molecular formula is C15H31N3. The van der Waals surface area contributed by atoms with Crippen molar-refractivity contribution in [2.45, 2.75) is 51.6 Å². The Hall–Kier alpha value is -0.120. The molecule has 0 aromatic rings. The number of rotatable bonds is 3. The highest BCUT2D eigenvalue weighted by atomic mass is 15.2. The Bertz CT molecular complexity index is 277. The molecular weight excluding hydrogens is 222 g/mol. The summed E-state index contributed by atoms with van der Waals surface area (Å²) < 4.78 is 0. The fourth-order valence-electron chi connectivity index (χ4n) is 3.77. The molecule has 3 unspecified atom stereocenters. The molecule has 3 nitrogen and oxygen atoms in total. The second-order valence-corrected chi connectivity index (χ2v) is 7.49. The van der Waals surface area contributed by atoms with Crippen molar-refractivity contribution in [3.63, 3.8) is 0 Å². The predicted molar refractivity (Wildman–Crippen MR) is 77.6 cm³/mol. The summed E-state index contributed by atoms with van der Waals surface area (Å²) in [5.41, 5.74) is 6.82. The Morgan fingerprint density at radius 3 is 2.67 bits per heavy atom. The Balaban J connectivity index is 1.88. The zero-order chi connectivity index (χ0) is 13.3. The van der Waals surface area contributed by atoms with E-state index in [0.29, 0.717) is 17.5 Å². The van der Waals surface area contributed by atoms with Crippen molar-refractivity contribution < 1.29 is 0 Å². The molecule has 2 fully saturated rings. The lowest BCUT2D eigenvalue weighted by atomic mass is 9.72. The zero-order valence-electron chi connectivity index (χ0n) is 12.7. The third-order valence-corrected chi connectivity index (χ3v) is 5.01. The van der Waals surface area contributed by atoms with Gasteiger partial charge < -0.3 is 15.5 Å². The molecule has 3 heteroatoms. The van der Waals surface area contributed by atoms with Crippen LogP contribution >= 0.6 is 0 Å². The molecule has 0 radical (unpaired) electrons. The lowest BCUT2D eigenvalue weighted by Crippen LogP contribution is -2.52. The number of hydrogen-bond acceptors (Lipinski definition) is 3. The van der Waals surface area contributed by atoms with E-state index in [9.17, 15) is 0 Å². The molecule has 1 saturated carbocycles. The van der Waals surface area contributed by atoms with Crippen LogP contribution in [0.3, 0.4) is 0 Å². The molecule has 0 spiro atoms. The normalized spacial score (nSPS) is 37.3. The van der Waals surface area contributed by atoms with Gasteiger partial charge in [0, 0.05) is 25.2 Å². The molecule has 3 atom stereocenters. The third-order valence-electron chi connectivity index (χ3n) is 5.01. The summed E-state index contributed by atoms with van der Waals surface area (Å²) in [6, 6.07) is 0.960. The molecule has 1 aliphatic carbocycles. The maximum absolute atomic E-state index is 6.35. The highest BCUT2D eigenvalue weighted by Gasteiger charge is 2.36. The molecule has 2 aliphatic rings. The van der Waals surface area contributed by atoms with E-state index >= 15 is 0 Å². The van der Waals surface area contributed by atoms with Gasteiger partial charge in [0.05, 0.1) is 0 Å². The monoisotopic (exact) mass is 253 g/mol. The van der Waals surface area contributed by atoms with Gasteiger partial charge in [-0.3, -0.25) is 0 Å². The molecule has 2 N–H and O–H groups in total. The minimum absolute atomic E-state index is 0.377. The number of nitrogens with zero attached hydrogens (tertiary/aromatic N) is 2. The van der Waals surface area contributed by atoms with Gasteiger partial charge in [0.2, 0.25) is 0 Å². The van der Waals surface area contributed by atoms with Crippen LogP contribution in [0.2, 0.25) is 0 Å². The van der Waals surface area contributed by atoms with Gasteiger partial charge in [-0.2, -0.15) is 0 Å². The van der Waals surface area contributed by atoms with Crippen molar-refractivity contribution >= 4 is 0 Å². The number of likely N-dealkylation sites (tertiary alicyclic amines) is 1. The first-order chi connectivity index (χ1) is 8.37. The molecule has 106 valence electrons. The minimum atomic E-state index is 0.377. The zero-order valence-corrected chi connectivity index (χ0v) is 12.7. The molecule has 2 rings (SSSR count). The lowest BCUT2D eigenvalue weighted by Gasteiger charge is -2.44. The Labute approximate surface area is 113 Å².